The molecule has 1 aliphatic carbocycles. The van der Waals surface area contributed by atoms with Crippen molar-refractivity contribution in [3.05, 3.63) is 45.7 Å². The average molecular weight is 392 g/mol. The first-order chi connectivity index (χ1) is 11.7. The molecule has 4 nitrogen and oxygen atoms in total. The molecule has 0 aliphatic heterocycles. The maximum atomic E-state index is 13.0. The van der Waals surface area contributed by atoms with Gasteiger partial charge in [-0.3, -0.25) is 9.48 Å². The van der Waals surface area contributed by atoms with Gasteiger partial charge in [0.15, 0.2) is 5.69 Å². The van der Waals surface area contributed by atoms with Crippen molar-refractivity contribution in [3.8, 4) is 0 Å². The lowest BCUT2D eigenvalue weighted by molar-refractivity contribution is -0.141. The van der Waals surface area contributed by atoms with E-state index in [-0.39, 0.29) is 10.9 Å². The zero-order chi connectivity index (χ0) is 18.4. The number of benzene rings is 1. The van der Waals surface area contributed by atoms with E-state index in [2.05, 4.69) is 10.4 Å². The Labute approximate surface area is 151 Å². The lowest BCUT2D eigenvalue weighted by Gasteiger charge is -2.16. The van der Waals surface area contributed by atoms with Crippen molar-refractivity contribution in [2.24, 2.45) is 0 Å². The molecule has 2 aromatic rings. The van der Waals surface area contributed by atoms with Gasteiger partial charge in [-0.25, -0.2) is 0 Å². The van der Waals surface area contributed by atoms with Gasteiger partial charge in [-0.05, 0) is 44.0 Å². The number of amides is 1. The third-order valence-electron chi connectivity index (χ3n) is 3.98. The van der Waals surface area contributed by atoms with Crippen molar-refractivity contribution in [2.75, 3.05) is 5.32 Å². The maximum Gasteiger partial charge on any atom is 0.435 e. The smallest absolute Gasteiger partial charge is 0.324 e. The number of hydrogen-bond acceptors (Lipinski definition) is 2. The van der Waals surface area contributed by atoms with E-state index in [1.807, 2.05) is 0 Å². The van der Waals surface area contributed by atoms with Crippen LogP contribution in [0.2, 0.25) is 10.0 Å². The predicted octanol–water partition coefficient (Wildman–Crippen LogP) is 5.29. The molecule has 1 saturated carbocycles. The first kappa shape index (κ1) is 18.1. The monoisotopic (exact) mass is 391 g/mol. The molecule has 134 valence electrons. The SMILES string of the molecule is CC(C(=O)Nc1ccc(Cl)c(Cl)c1)n1nc(C(F)(F)F)cc1C1CC1. The predicted molar refractivity (Wildman–Crippen MR) is 89.0 cm³/mol. The van der Waals surface area contributed by atoms with Gasteiger partial charge >= 0.3 is 6.18 Å². The highest BCUT2D eigenvalue weighted by Crippen LogP contribution is 2.43. The van der Waals surface area contributed by atoms with Crippen molar-refractivity contribution in [1.29, 1.82) is 0 Å². The third kappa shape index (κ3) is 3.93. The number of nitrogens with one attached hydrogen (secondary N) is 1. The van der Waals surface area contributed by atoms with Crippen molar-refractivity contribution in [3.63, 3.8) is 0 Å². The highest BCUT2D eigenvalue weighted by atomic mass is 35.5. The van der Waals surface area contributed by atoms with Gasteiger partial charge in [-0.1, -0.05) is 23.2 Å². The molecule has 0 spiro atoms. The number of hydrogen-bond donors (Lipinski definition) is 1. The lowest BCUT2D eigenvalue weighted by atomic mass is 10.2. The van der Waals surface area contributed by atoms with E-state index in [0.717, 1.165) is 23.6 Å². The molecule has 1 aromatic heterocycles. The molecule has 1 atom stereocenters. The number of nitrogens with zero attached hydrogens (tertiary/aromatic N) is 2. The van der Waals surface area contributed by atoms with Gasteiger partial charge in [0, 0.05) is 17.3 Å². The Morgan fingerprint density at radius 3 is 2.52 bits per heavy atom. The standard InChI is InChI=1S/C16H14Cl2F3N3O/c1-8(15(25)22-10-4-5-11(17)12(18)6-10)24-13(9-2-3-9)7-14(23-24)16(19,20)21/h4-9H,2-3H2,1H3,(H,22,25). The summed E-state index contributed by atoms with van der Waals surface area (Å²) in [6.07, 6.45) is -2.96. The van der Waals surface area contributed by atoms with Crippen LogP contribution in [0, 0.1) is 0 Å². The van der Waals surface area contributed by atoms with Crippen LogP contribution in [-0.4, -0.2) is 15.7 Å². The summed E-state index contributed by atoms with van der Waals surface area (Å²) in [6, 6.07) is 4.68. The van der Waals surface area contributed by atoms with Gasteiger partial charge in [-0.2, -0.15) is 18.3 Å². The second-order valence-corrected chi connectivity index (χ2v) is 6.78. The van der Waals surface area contributed by atoms with Crippen LogP contribution in [0.3, 0.4) is 0 Å². The van der Waals surface area contributed by atoms with E-state index in [0.29, 0.717) is 16.4 Å². The van der Waals surface area contributed by atoms with E-state index in [9.17, 15) is 18.0 Å². The van der Waals surface area contributed by atoms with Crippen molar-refractivity contribution < 1.29 is 18.0 Å². The summed E-state index contributed by atoms with van der Waals surface area (Å²) >= 11 is 11.7. The van der Waals surface area contributed by atoms with Crippen LogP contribution in [0.1, 0.15) is 43.1 Å². The van der Waals surface area contributed by atoms with Crippen LogP contribution in [0.25, 0.3) is 0 Å². The summed E-state index contributed by atoms with van der Waals surface area (Å²) in [5, 5.41) is 6.85. The summed E-state index contributed by atoms with van der Waals surface area (Å²) in [7, 11) is 0. The molecule has 1 aromatic carbocycles. The van der Waals surface area contributed by atoms with Crippen molar-refractivity contribution in [1.82, 2.24) is 9.78 Å². The maximum absolute atomic E-state index is 13.0. The van der Waals surface area contributed by atoms with Crippen LogP contribution in [0.15, 0.2) is 24.3 Å². The van der Waals surface area contributed by atoms with E-state index < -0.39 is 23.8 Å². The molecule has 25 heavy (non-hydrogen) atoms. The molecule has 0 radical (unpaired) electrons. The molecular formula is C16H14Cl2F3N3O. The van der Waals surface area contributed by atoms with Crippen LogP contribution in [0.4, 0.5) is 18.9 Å². The number of anilines is 1. The minimum atomic E-state index is -4.55. The van der Waals surface area contributed by atoms with E-state index in [4.69, 9.17) is 23.2 Å². The van der Waals surface area contributed by atoms with Gasteiger partial charge in [0.05, 0.1) is 10.0 Å². The summed E-state index contributed by atoms with van der Waals surface area (Å²) in [6.45, 7) is 1.51. The van der Waals surface area contributed by atoms with Gasteiger partial charge in [0.2, 0.25) is 5.91 Å². The zero-order valence-electron chi connectivity index (χ0n) is 13.1. The Hall–Kier alpha value is -1.73. The van der Waals surface area contributed by atoms with Gasteiger partial charge in [0.1, 0.15) is 6.04 Å². The summed E-state index contributed by atoms with van der Waals surface area (Å²) in [5.41, 5.74) is -0.143. The molecule has 0 bridgehead atoms. The number of halogens is 5. The molecule has 1 aliphatic rings. The topological polar surface area (TPSA) is 46.9 Å². The van der Waals surface area contributed by atoms with Crippen molar-refractivity contribution in [2.45, 2.75) is 37.9 Å². The third-order valence-corrected chi connectivity index (χ3v) is 4.72. The molecule has 9 heteroatoms. The Morgan fingerprint density at radius 2 is 1.96 bits per heavy atom. The minimum absolute atomic E-state index is 0.0174. The Balaban J connectivity index is 1.84. The molecule has 1 amide bonds. The number of carbonyl (C=O) groups excluding carboxylic acids is 1. The van der Waals surface area contributed by atoms with Crippen LogP contribution in [-0.2, 0) is 11.0 Å². The Morgan fingerprint density at radius 1 is 1.28 bits per heavy atom. The molecule has 3 rings (SSSR count). The van der Waals surface area contributed by atoms with Crippen molar-refractivity contribution >= 4 is 34.8 Å². The highest BCUT2D eigenvalue weighted by Gasteiger charge is 2.39. The highest BCUT2D eigenvalue weighted by molar-refractivity contribution is 6.42. The van der Waals surface area contributed by atoms with Crippen LogP contribution >= 0.6 is 23.2 Å². The van der Waals surface area contributed by atoms with Crippen LogP contribution < -0.4 is 5.32 Å². The number of carbonyl (C=O) groups is 1. The summed E-state index contributed by atoms with van der Waals surface area (Å²) < 4.78 is 40.0. The normalized spacial score (nSPS) is 15.9. The van der Waals surface area contributed by atoms with Gasteiger partial charge in [-0.15, -0.1) is 0 Å². The Bertz CT molecular complexity index is 815. The number of rotatable bonds is 4. The van der Waals surface area contributed by atoms with E-state index in [1.54, 1.807) is 6.07 Å². The fourth-order valence-corrected chi connectivity index (χ4v) is 2.77. The first-order valence-electron chi connectivity index (χ1n) is 7.59. The van der Waals surface area contributed by atoms with E-state index in [1.165, 1.54) is 19.1 Å². The molecule has 1 fully saturated rings. The molecule has 1 unspecified atom stereocenters. The number of aromatic nitrogens is 2. The zero-order valence-corrected chi connectivity index (χ0v) is 14.6. The van der Waals surface area contributed by atoms with Gasteiger partial charge < -0.3 is 5.32 Å². The average Bonchev–Trinajstić information content (AvgIpc) is 3.27. The fraction of sp³-hybridized carbons (Fsp3) is 0.375. The quantitative estimate of drug-likeness (QED) is 0.769. The summed E-state index contributed by atoms with van der Waals surface area (Å²) in [5.74, 6) is -0.471. The first-order valence-corrected chi connectivity index (χ1v) is 8.35. The second kappa shape index (κ2) is 6.53. The van der Waals surface area contributed by atoms with Gasteiger partial charge in [0.25, 0.3) is 0 Å². The minimum Gasteiger partial charge on any atom is -0.324 e. The Kier molecular flexibility index (Phi) is 4.72. The summed E-state index contributed by atoms with van der Waals surface area (Å²) in [4.78, 5) is 12.4. The largest absolute Gasteiger partial charge is 0.435 e. The fourth-order valence-electron chi connectivity index (χ4n) is 2.47. The molecule has 1 heterocycles. The molecule has 1 N–H and O–H groups in total. The second-order valence-electron chi connectivity index (χ2n) is 5.97. The number of alkyl halides is 3. The van der Waals surface area contributed by atoms with E-state index >= 15 is 0 Å². The lowest BCUT2D eigenvalue weighted by Crippen LogP contribution is -2.26. The van der Waals surface area contributed by atoms with Crippen LogP contribution in [0.5, 0.6) is 0 Å². The molecule has 0 saturated heterocycles. The molecular weight excluding hydrogens is 378 g/mol.